The first-order chi connectivity index (χ1) is 10.1. The molecule has 0 amide bonds. The van der Waals surface area contributed by atoms with E-state index >= 15 is 0 Å². The van der Waals surface area contributed by atoms with Crippen LogP contribution in [0, 0.1) is 0 Å². The van der Waals surface area contributed by atoms with Crippen LogP contribution in [0.3, 0.4) is 0 Å². The summed E-state index contributed by atoms with van der Waals surface area (Å²) in [6.07, 6.45) is 2.23. The van der Waals surface area contributed by atoms with E-state index in [1.54, 1.807) is 12.1 Å². The molecule has 7 heteroatoms. The molecule has 0 unspecified atom stereocenters. The van der Waals surface area contributed by atoms with Gasteiger partial charge in [-0.2, -0.15) is 14.5 Å². The Morgan fingerprint density at radius 2 is 1.90 bits per heavy atom. The van der Waals surface area contributed by atoms with Crippen molar-refractivity contribution >= 4 is 40.6 Å². The molecule has 0 saturated heterocycles. The van der Waals surface area contributed by atoms with Crippen LogP contribution in [0.1, 0.15) is 24.6 Å². The third-order valence-electron chi connectivity index (χ3n) is 3.46. The second-order valence-electron chi connectivity index (χ2n) is 5.03. The molecule has 1 aromatic carbocycles. The summed E-state index contributed by atoms with van der Waals surface area (Å²) < 4.78 is 1.54. The number of nitrogens with zero attached hydrogens (tertiary/aromatic N) is 4. The van der Waals surface area contributed by atoms with Gasteiger partial charge in [-0.3, -0.25) is 0 Å². The molecule has 1 aliphatic carbocycles. The Kier molecular flexibility index (Phi) is 3.06. The lowest BCUT2D eigenvalue weighted by Gasteiger charge is -2.07. The highest BCUT2D eigenvalue weighted by Crippen LogP contribution is 2.39. The van der Waals surface area contributed by atoms with Gasteiger partial charge in [0.05, 0.1) is 5.56 Å². The summed E-state index contributed by atoms with van der Waals surface area (Å²) in [4.78, 5) is 8.70. The van der Waals surface area contributed by atoms with E-state index in [0.717, 1.165) is 24.2 Å². The van der Waals surface area contributed by atoms with Gasteiger partial charge in [0.25, 0.3) is 5.78 Å². The molecule has 2 heterocycles. The maximum Gasteiger partial charge on any atom is 0.255 e. The van der Waals surface area contributed by atoms with Crippen LogP contribution in [0.25, 0.3) is 16.9 Å². The molecule has 0 bridgehead atoms. The Morgan fingerprint density at radius 1 is 1.10 bits per heavy atom. The maximum absolute atomic E-state index is 6.47. The van der Waals surface area contributed by atoms with Crippen molar-refractivity contribution in [2.24, 2.45) is 0 Å². The van der Waals surface area contributed by atoms with Gasteiger partial charge in [0.2, 0.25) is 0 Å². The zero-order valence-electron chi connectivity index (χ0n) is 10.7. The average Bonchev–Trinajstić information content (AvgIpc) is 3.20. The van der Waals surface area contributed by atoms with Gasteiger partial charge in [0.15, 0.2) is 5.82 Å². The molecule has 0 aliphatic heterocycles. The number of halogens is 3. The number of rotatable bonds is 2. The van der Waals surface area contributed by atoms with Crippen LogP contribution in [-0.4, -0.2) is 19.6 Å². The molecule has 106 valence electrons. The van der Waals surface area contributed by atoms with Gasteiger partial charge in [-0.15, -0.1) is 5.10 Å². The number of aromatic nitrogens is 4. The topological polar surface area (TPSA) is 43.1 Å². The van der Waals surface area contributed by atoms with Crippen LogP contribution in [0.4, 0.5) is 0 Å². The van der Waals surface area contributed by atoms with Crippen molar-refractivity contribution in [3.63, 3.8) is 0 Å². The van der Waals surface area contributed by atoms with Crippen molar-refractivity contribution in [3.05, 3.63) is 45.4 Å². The van der Waals surface area contributed by atoms with Crippen molar-refractivity contribution < 1.29 is 0 Å². The van der Waals surface area contributed by atoms with Crippen LogP contribution in [0.2, 0.25) is 15.3 Å². The Morgan fingerprint density at radius 3 is 2.62 bits per heavy atom. The molecule has 1 fully saturated rings. The zero-order chi connectivity index (χ0) is 14.6. The monoisotopic (exact) mass is 338 g/mol. The standard InChI is InChI=1S/C14H9Cl3N4/c15-9-3-1-2-8(6-9)10-11(16)18-14-19-13(7-4-5-7)20-21(14)12(10)17/h1-3,6-7H,4-5H2. The first kappa shape index (κ1) is 13.3. The average molecular weight is 340 g/mol. The van der Waals surface area contributed by atoms with Gasteiger partial charge in [-0.25, -0.2) is 0 Å². The molecule has 4 nitrogen and oxygen atoms in total. The number of benzene rings is 1. The summed E-state index contributed by atoms with van der Waals surface area (Å²) in [6.45, 7) is 0. The molecule has 4 rings (SSSR count). The Labute approximate surface area is 135 Å². The van der Waals surface area contributed by atoms with Crippen LogP contribution >= 0.6 is 34.8 Å². The summed E-state index contributed by atoms with van der Waals surface area (Å²) in [5.41, 5.74) is 1.41. The van der Waals surface area contributed by atoms with Crippen LogP contribution in [0.5, 0.6) is 0 Å². The first-order valence-electron chi connectivity index (χ1n) is 6.51. The Hall–Kier alpha value is -1.36. The van der Waals surface area contributed by atoms with Crippen molar-refractivity contribution in [2.45, 2.75) is 18.8 Å². The fourth-order valence-corrected chi connectivity index (χ4v) is 3.08. The largest absolute Gasteiger partial charge is 0.255 e. The van der Waals surface area contributed by atoms with Gasteiger partial charge in [0, 0.05) is 10.9 Å². The third kappa shape index (κ3) is 2.27. The van der Waals surface area contributed by atoms with Crippen LogP contribution in [-0.2, 0) is 0 Å². The normalized spacial score (nSPS) is 14.8. The molecule has 3 aromatic rings. The summed E-state index contributed by atoms with van der Waals surface area (Å²) in [5, 5.41) is 5.74. The van der Waals surface area contributed by atoms with Crippen LogP contribution < -0.4 is 0 Å². The molecular weight excluding hydrogens is 331 g/mol. The fraction of sp³-hybridized carbons (Fsp3) is 0.214. The predicted octanol–water partition coefficient (Wildman–Crippen LogP) is 4.63. The van der Waals surface area contributed by atoms with Gasteiger partial charge in [-0.05, 0) is 30.5 Å². The number of fused-ring (bicyclic) bond motifs is 1. The highest BCUT2D eigenvalue weighted by Gasteiger charge is 2.29. The summed E-state index contributed by atoms with van der Waals surface area (Å²) in [7, 11) is 0. The minimum atomic E-state index is 0.296. The molecule has 1 aliphatic rings. The van der Waals surface area contributed by atoms with Gasteiger partial charge >= 0.3 is 0 Å². The SMILES string of the molecule is Clc1cccc(-c2c(Cl)nc3nc(C4CC4)nn3c2Cl)c1. The quantitative estimate of drug-likeness (QED) is 0.639. The molecule has 1 saturated carbocycles. The molecule has 0 spiro atoms. The summed E-state index contributed by atoms with van der Waals surface area (Å²) in [6, 6.07) is 7.30. The Bertz CT molecular complexity index is 855. The first-order valence-corrected chi connectivity index (χ1v) is 7.64. The van der Waals surface area contributed by atoms with E-state index < -0.39 is 0 Å². The smallest absolute Gasteiger partial charge is 0.198 e. The number of hydrogen-bond acceptors (Lipinski definition) is 3. The van der Waals surface area contributed by atoms with E-state index in [2.05, 4.69) is 15.1 Å². The molecule has 0 N–H and O–H groups in total. The van der Waals surface area contributed by atoms with Gasteiger partial charge in [0.1, 0.15) is 10.3 Å². The van der Waals surface area contributed by atoms with E-state index in [0.29, 0.717) is 32.6 Å². The van der Waals surface area contributed by atoms with E-state index in [9.17, 15) is 0 Å². The van der Waals surface area contributed by atoms with E-state index in [4.69, 9.17) is 34.8 Å². The van der Waals surface area contributed by atoms with E-state index in [-0.39, 0.29) is 0 Å². The maximum atomic E-state index is 6.47. The Balaban J connectivity index is 1.96. The highest BCUT2D eigenvalue weighted by molar-refractivity contribution is 6.38. The lowest BCUT2D eigenvalue weighted by Crippen LogP contribution is -1.97. The van der Waals surface area contributed by atoms with Crippen LogP contribution in [0.15, 0.2) is 24.3 Å². The lowest BCUT2D eigenvalue weighted by molar-refractivity contribution is 0.874. The van der Waals surface area contributed by atoms with E-state index in [1.807, 2.05) is 12.1 Å². The molecule has 21 heavy (non-hydrogen) atoms. The van der Waals surface area contributed by atoms with Crippen molar-refractivity contribution in [1.82, 2.24) is 19.6 Å². The summed E-state index contributed by atoms with van der Waals surface area (Å²) >= 11 is 18.8. The molecular formula is C14H9Cl3N4. The second kappa shape index (κ2) is 4.83. The molecule has 2 aromatic heterocycles. The predicted molar refractivity (Wildman–Crippen MR) is 83.2 cm³/mol. The molecule has 0 radical (unpaired) electrons. The van der Waals surface area contributed by atoms with Crippen molar-refractivity contribution in [1.29, 1.82) is 0 Å². The summed E-state index contributed by atoms with van der Waals surface area (Å²) in [5.74, 6) is 1.64. The van der Waals surface area contributed by atoms with Crippen molar-refractivity contribution in [2.75, 3.05) is 0 Å². The third-order valence-corrected chi connectivity index (χ3v) is 4.32. The van der Waals surface area contributed by atoms with Gasteiger partial charge in [-0.1, -0.05) is 46.9 Å². The zero-order valence-corrected chi connectivity index (χ0v) is 13.0. The lowest BCUT2D eigenvalue weighted by atomic mass is 10.1. The fourth-order valence-electron chi connectivity index (χ4n) is 2.25. The highest BCUT2D eigenvalue weighted by atomic mass is 35.5. The number of hydrogen-bond donors (Lipinski definition) is 0. The molecule has 0 atom stereocenters. The van der Waals surface area contributed by atoms with E-state index in [1.165, 1.54) is 4.52 Å². The van der Waals surface area contributed by atoms with Crippen molar-refractivity contribution in [3.8, 4) is 11.1 Å². The van der Waals surface area contributed by atoms with Gasteiger partial charge < -0.3 is 0 Å². The second-order valence-corrected chi connectivity index (χ2v) is 6.19. The minimum absolute atomic E-state index is 0.296. The minimum Gasteiger partial charge on any atom is -0.198 e.